The van der Waals surface area contributed by atoms with Crippen LogP contribution in [0.1, 0.15) is 28.8 Å². The number of anilines is 1. The first-order valence-electron chi connectivity index (χ1n) is 10.3. The molecule has 1 aliphatic heterocycles. The second-order valence-corrected chi connectivity index (χ2v) is 7.42. The van der Waals surface area contributed by atoms with E-state index in [1.807, 2.05) is 30.3 Å². The topological polar surface area (TPSA) is 87.7 Å². The average molecular weight is 421 g/mol. The number of carbonyl (C=O) groups is 3. The molecule has 1 aliphatic rings. The second-order valence-electron chi connectivity index (χ2n) is 7.42. The Labute approximate surface area is 182 Å². The highest BCUT2D eigenvalue weighted by atomic mass is 16.5. The standard InChI is InChI=1S/C24H27N3O4/c1-31-24(30)19-10-7-18(8-11-19)9-12-22(28)25-21-13-15-27(16-14-21)17-23(29)26-20-5-3-2-4-6-20/h2-12,21H,13-17H2,1H3,(H,25,28)(H,26,29). The zero-order chi connectivity index (χ0) is 22.1. The van der Waals surface area contributed by atoms with Gasteiger partial charge in [-0.1, -0.05) is 30.3 Å². The van der Waals surface area contributed by atoms with Crippen LogP contribution in [0.3, 0.4) is 0 Å². The number of methoxy groups -OCH3 is 1. The van der Waals surface area contributed by atoms with Crippen molar-refractivity contribution in [2.45, 2.75) is 18.9 Å². The predicted molar refractivity (Wildman–Crippen MR) is 119 cm³/mol. The van der Waals surface area contributed by atoms with Crippen LogP contribution >= 0.6 is 0 Å². The minimum atomic E-state index is -0.392. The van der Waals surface area contributed by atoms with Crippen molar-refractivity contribution in [3.05, 3.63) is 71.8 Å². The molecule has 2 N–H and O–H groups in total. The molecule has 0 saturated carbocycles. The number of amides is 2. The van der Waals surface area contributed by atoms with Gasteiger partial charge >= 0.3 is 5.97 Å². The Balaban J connectivity index is 1.39. The van der Waals surface area contributed by atoms with Crippen LogP contribution < -0.4 is 10.6 Å². The number of rotatable bonds is 7. The quantitative estimate of drug-likeness (QED) is 0.530. The van der Waals surface area contributed by atoms with Crippen molar-refractivity contribution in [1.82, 2.24) is 10.2 Å². The lowest BCUT2D eigenvalue weighted by Crippen LogP contribution is -2.46. The molecule has 0 aliphatic carbocycles. The molecule has 7 nitrogen and oxygen atoms in total. The van der Waals surface area contributed by atoms with Gasteiger partial charge < -0.3 is 15.4 Å². The number of hydrogen-bond donors (Lipinski definition) is 2. The van der Waals surface area contributed by atoms with Crippen LogP contribution in [0, 0.1) is 0 Å². The molecule has 1 heterocycles. The summed E-state index contributed by atoms with van der Waals surface area (Å²) < 4.78 is 4.67. The minimum absolute atomic E-state index is 0.0326. The number of para-hydroxylation sites is 1. The van der Waals surface area contributed by atoms with Gasteiger partial charge in [-0.05, 0) is 48.7 Å². The lowest BCUT2D eigenvalue weighted by atomic mass is 10.0. The van der Waals surface area contributed by atoms with Crippen molar-refractivity contribution >= 4 is 29.5 Å². The summed E-state index contributed by atoms with van der Waals surface area (Å²) in [6.07, 6.45) is 4.80. The average Bonchev–Trinajstić information content (AvgIpc) is 2.79. The number of esters is 1. The molecule has 1 fully saturated rings. The fraction of sp³-hybridized carbons (Fsp3) is 0.292. The van der Waals surface area contributed by atoms with Crippen molar-refractivity contribution in [1.29, 1.82) is 0 Å². The molecule has 2 aromatic rings. The highest BCUT2D eigenvalue weighted by Crippen LogP contribution is 2.12. The van der Waals surface area contributed by atoms with E-state index in [1.54, 1.807) is 30.3 Å². The first-order valence-corrected chi connectivity index (χ1v) is 10.3. The maximum absolute atomic E-state index is 12.2. The predicted octanol–water partition coefficient (Wildman–Crippen LogP) is 2.71. The summed E-state index contributed by atoms with van der Waals surface area (Å²) in [5, 5.41) is 5.91. The Morgan fingerprint density at radius 3 is 2.35 bits per heavy atom. The van der Waals surface area contributed by atoms with Gasteiger partial charge in [-0.2, -0.15) is 0 Å². The van der Waals surface area contributed by atoms with Gasteiger partial charge in [0.25, 0.3) is 0 Å². The Morgan fingerprint density at radius 2 is 1.71 bits per heavy atom. The summed E-state index contributed by atoms with van der Waals surface area (Å²) >= 11 is 0. The van der Waals surface area contributed by atoms with Gasteiger partial charge in [0.1, 0.15) is 0 Å². The van der Waals surface area contributed by atoms with Gasteiger partial charge in [0.2, 0.25) is 11.8 Å². The molecule has 162 valence electrons. The molecular weight excluding hydrogens is 394 g/mol. The third-order valence-electron chi connectivity index (χ3n) is 5.12. The monoisotopic (exact) mass is 421 g/mol. The molecule has 0 bridgehead atoms. The van der Waals surface area contributed by atoms with Crippen LogP contribution in [0.15, 0.2) is 60.7 Å². The van der Waals surface area contributed by atoms with Crippen molar-refractivity contribution in [2.24, 2.45) is 0 Å². The van der Waals surface area contributed by atoms with E-state index < -0.39 is 5.97 Å². The van der Waals surface area contributed by atoms with E-state index >= 15 is 0 Å². The molecule has 7 heteroatoms. The first-order chi connectivity index (χ1) is 15.0. The fourth-order valence-electron chi connectivity index (χ4n) is 3.43. The van der Waals surface area contributed by atoms with E-state index in [0.29, 0.717) is 12.1 Å². The zero-order valence-electron chi connectivity index (χ0n) is 17.5. The SMILES string of the molecule is COC(=O)c1ccc(C=CC(=O)NC2CCN(CC(=O)Nc3ccccc3)CC2)cc1. The lowest BCUT2D eigenvalue weighted by molar-refractivity contribution is -0.119. The molecule has 0 aromatic heterocycles. The zero-order valence-corrected chi connectivity index (χ0v) is 17.5. The maximum atomic E-state index is 12.2. The van der Waals surface area contributed by atoms with Crippen LogP contribution in [0.4, 0.5) is 5.69 Å². The number of ether oxygens (including phenoxy) is 1. The van der Waals surface area contributed by atoms with E-state index in [2.05, 4.69) is 20.3 Å². The van der Waals surface area contributed by atoms with E-state index in [0.717, 1.165) is 37.2 Å². The number of nitrogens with zero attached hydrogens (tertiary/aromatic N) is 1. The van der Waals surface area contributed by atoms with E-state index in [9.17, 15) is 14.4 Å². The van der Waals surface area contributed by atoms with Crippen molar-refractivity contribution in [2.75, 3.05) is 32.1 Å². The fourth-order valence-corrected chi connectivity index (χ4v) is 3.43. The third-order valence-corrected chi connectivity index (χ3v) is 5.12. The summed E-state index contributed by atoms with van der Waals surface area (Å²) in [5.41, 5.74) is 2.08. The molecule has 3 rings (SSSR count). The molecule has 31 heavy (non-hydrogen) atoms. The van der Waals surface area contributed by atoms with E-state index in [1.165, 1.54) is 13.2 Å². The Bertz CT molecular complexity index is 918. The van der Waals surface area contributed by atoms with Gasteiger partial charge in [0.05, 0.1) is 19.2 Å². The summed E-state index contributed by atoms with van der Waals surface area (Å²) in [7, 11) is 1.34. The molecule has 0 radical (unpaired) electrons. The third kappa shape index (κ3) is 7.08. The van der Waals surface area contributed by atoms with Crippen LogP contribution in [0.25, 0.3) is 6.08 Å². The second kappa shape index (κ2) is 11.1. The molecular formula is C24H27N3O4. The summed E-state index contributed by atoms with van der Waals surface area (Å²) in [6, 6.07) is 16.3. The maximum Gasteiger partial charge on any atom is 0.337 e. The molecule has 0 unspecified atom stereocenters. The van der Waals surface area contributed by atoms with Crippen molar-refractivity contribution in [3.8, 4) is 0 Å². The number of piperidine rings is 1. The number of likely N-dealkylation sites (tertiary alicyclic amines) is 1. The highest BCUT2D eigenvalue weighted by molar-refractivity contribution is 5.93. The summed E-state index contributed by atoms with van der Waals surface area (Å²) in [4.78, 5) is 37.9. The largest absolute Gasteiger partial charge is 0.465 e. The highest BCUT2D eigenvalue weighted by Gasteiger charge is 2.21. The van der Waals surface area contributed by atoms with Crippen molar-refractivity contribution < 1.29 is 19.1 Å². The number of nitrogens with one attached hydrogen (secondary N) is 2. The van der Waals surface area contributed by atoms with E-state index in [4.69, 9.17) is 0 Å². The van der Waals surface area contributed by atoms with Crippen molar-refractivity contribution in [3.63, 3.8) is 0 Å². The lowest BCUT2D eigenvalue weighted by Gasteiger charge is -2.31. The molecule has 2 aromatic carbocycles. The molecule has 0 spiro atoms. The van der Waals surface area contributed by atoms with Gasteiger partial charge in [0, 0.05) is 30.9 Å². The van der Waals surface area contributed by atoms with Gasteiger partial charge in [-0.25, -0.2) is 4.79 Å². The summed E-state index contributed by atoms with van der Waals surface area (Å²) in [5.74, 6) is -0.579. The van der Waals surface area contributed by atoms with Crippen LogP contribution in [0.5, 0.6) is 0 Å². The van der Waals surface area contributed by atoms with Crippen LogP contribution in [-0.2, 0) is 14.3 Å². The Hall–Kier alpha value is -3.45. The first kappa shape index (κ1) is 22.2. The smallest absolute Gasteiger partial charge is 0.337 e. The number of hydrogen-bond acceptors (Lipinski definition) is 5. The Kier molecular flexibility index (Phi) is 7.95. The van der Waals surface area contributed by atoms with Gasteiger partial charge in [-0.15, -0.1) is 0 Å². The summed E-state index contributed by atoms with van der Waals surface area (Å²) in [6.45, 7) is 1.86. The Morgan fingerprint density at radius 1 is 1.03 bits per heavy atom. The normalized spacial score (nSPS) is 14.9. The van der Waals surface area contributed by atoms with Crippen LogP contribution in [0.2, 0.25) is 0 Å². The van der Waals surface area contributed by atoms with Gasteiger partial charge in [-0.3, -0.25) is 14.5 Å². The molecule has 1 saturated heterocycles. The molecule has 2 amide bonds. The van der Waals surface area contributed by atoms with E-state index in [-0.39, 0.29) is 17.9 Å². The number of benzene rings is 2. The molecule has 0 atom stereocenters. The van der Waals surface area contributed by atoms with Crippen LogP contribution in [-0.4, -0.2) is 55.5 Å². The van der Waals surface area contributed by atoms with Gasteiger partial charge in [0.15, 0.2) is 0 Å². The number of carbonyl (C=O) groups excluding carboxylic acids is 3. The minimum Gasteiger partial charge on any atom is -0.465 e.